The SMILES string of the molecule is C[Si]1(C)c2ccccc2-c2nc(-c3cccc(-c4cccc(-c5c6ccccc6c(-c6ccccc6)c6ccccc56)c4)c3)nc(-c3cccc(-c4ccccc4)c3)c21. The van der Waals surface area contributed by atoms with E-state index in [4.69, 9.17) is 9.97 Å². The van der Waals surface area contributed by atoms with Crippen molar-refractivity contribution < 1.29 is 0 Å². The van der Waals surface area contributed by atoms with Crippen LogP contribution in [0.2, 0.25) is 13.1 Å². The maximum absolute atomic E-state index is 5.52. The van der Waals surface area contributed by atoms with Gasteiger partial charge < -0.3 is 0 Å². The van der Waals surface area contributed by atoms with Gasteiger partial charge in [0.15, 0.2) is 5.82 Å². The Morgan fingerprint density at radius 3 is 1.36 bits per heavy atom. The quantitative estimate of drug-likeness (QED) is 0.124. The van der Waals surface area contributed by atoms with Gasteiger partial charge in [-0.3, -0.25) is 0 Å². The topological polar surface area (TPSA) is 25.8 Å². The molecule has 0 amide bonds. The van der Waals surface area contributed by atoms with Crippen molar-refractivity contribution in [2.45, 2.75) is 13.1 Å². The zero-order chi connectivity index (χ0) is 39.5. The fourth-order valence-electron chi connectivity index (χ4n) is 9.48. The van der Waals surface area contributed by atoms with Gasteiger partial charge in [-0.2, -0.15) is 0 Å². The number of benzene rings is 9. The van der Waals surface area contributed by atoms with E-state index < -0.39 is 8.07 Å². The number of nitrogens with zero attached hydrogens (tertiary/aromatic N) is 2. The molecule has 0 N–H and O–H groups in total. The van der Waals surface area contributed by atoms with Crippen molar-refractivity contribution in [3.63, 3.8) is 0 Å². The molecule has 0 spiro atoms. The largest absolute Gasteiger partial charge is 0.228 e. The molecule has 1 aromatic heterocycles. The molecule has 3 heteroatoms. The predicted octanol–water partition coefficient (Wildman–Crippen LogP) is 13.6. The standard InChI is InChI=1S/C56H40N2Si/c1-59(2)50-33-14-13-32-49(50)54-55(59)53(43-26-16-22-39(35-43)37-18-5-3-6-19-37)57-56(58-54)44-27-17-24-41(36-44)40-23-15-25-42(34-40)52-47-30-11-9-28-45(47)51(38-20-7-4-8-21-38)46-29-10-12-31-48(46)52/h3-36H,1-2H3. The molecule has 278 valence electrons. The molecular formula is C56H40N2Si. The van der Waals surface area contributed by atoms with Gasteiger partial charge >= 0.3 is 0 Å². The fraction of sp³-hybridized carbons (Fsp3) is 0.0357. The Hall–Kier alpha value is -7.20. The average molecular weight is 769 g/mol. The second-order valence-electron chi connectivity index (χ2n) is 16.1. The van der Waals surface area contributed by atoms with Crippen LogP contribution in [0.5, 0.6) is 0 Å². The van der Waals surface area contributed by atoms with E-state index in [1.54, 1.807) is 0 Å². The van der Waals surface area contributed by atoms with Crippen LogP contribution in [0.3, 0.4) is 0 Å². The van der Waals surface area contributed by atoms with E-state index in [0.717, 1.165) is 39.5 Å². The van der Waals surface area contributed by atoms with Gasteiger partial charge in [-0.15, -0.1) is 0 Å². The van der Waals surface area contributed by atoms with Crippen molar-refractivity contribution in [2.24, 2.45) is 0 Å². The number of hydrogen-bond donors (Lipinski definition) is 0. The Morgan fingerprint density at radius 2 is 0.729 bits per heavy atom. The molecule has 1 aliphatic heterocycles. The molecule has 59 heavy (non-hydrogen) atoms. The monoisotopic (exact) mass is 768 g/mol. The highest BCUT2D eigenvalue weighted by molar-refractivity contribution is 7.04. The van der Waals surface area contributed by atoms with Crippen LogP contribution in [0.4, 0.5) is 0 Å². The molecule has 0 saturated heterocycles. The Labute approximate surface area is 346 Å². The summed E-state index contributed by atoms with van der Waals surface area (Å²) in [6.45, 7) is 4.89. The van der Waals surface area contributed by atoms with Gasteiger partial charge in [0.25, 0.3) is 0 Å². The molecule has 0 saturated carbocycles. The minimum Gasteiger partial charge on any atom is -0.228 e. The molecule has 9 aromatic carbocycles. The molecule has 0 fully saturated rings. The number of rotatable bonds is 6. The third-order valence-corrected chi connectivity index (χ3v) is 15.7. The number of aromatic nitrogens is 2. The van der Waals surface area contributed by atoms with Crippen molar-refractivity contribution >= 4 is 40.0 Å². The third-order valence-electron chi connectivity index (χ3n) is 12.2. The molecule has 11 rings (SSSR count). The number of fused-ring (bicyclic) bond motifs is 5. The van der Waals surface area contributed by atoms with Gasteiger partial charge in [-0.1, -0.05) is 201 Å². The van der Waals surface area contributed by atoms with Crippen molar-refractivity contribution in [2.75, 3.05) is 0 Å². The summed E-state index contributed by atoms with van der Waals surface area (Å²) in [5.41, 5.74) is 15.1. The molecule has 10 aromatic rings. The molecule has 2 heterocycles. The summed E-state index contributed by atoms with van der Waals surface area (Å²) >= 11 is 0. The molecular weight excluding hydrogens is 729 g/mol. The maximum Gasteiger partial charge on any atom is 0.160 e. The Bertz CT molecular complexity index is 3180. The third kappa shape index (κ3) is 5.85. The summed E-state index contributed by atoms with van der Waals surface area (Å²) in [6.07, 6.45) is 0. The zero-order valence-electron chi connectivity index (χ0n) is 33.0. The lowest BCUT2D eigenvalue weighted by molar-refractivity contribution is 1.20. The Morgan fingerprint density at radius 1 is 0.322 bits per heavy atom. The predicted molar refractivity (Wildman–Crippen MR) is 252 cm³/mol. The zero-order valence-corrected chi connectivity index (χ0v) is 34.0. The Balaban J connectivity index is 1.07. The highest BCUT2D eigenvalue weighted by Crippen LogP contribution is 2.44. The highest BCUT2D eigenvalue weighted by Gasteiger charge is 2.41. The summed E-state index contributed by atoms with van der Waals surface area (Å²) in [5, 5.41) is 7.74. The van der Waals surface area contributed by atoms with Gasteiger partial charge in [-0.25, -0.2) is 9.97 Å². The second-order valence-corrected chi connectivity index (χ2v) is 20.4. The minimum absolute atomic E-state index is 0.747. The van der Waals surface area contributed by atoms with Gasteiger partial charge in [0, 0.05) is 11.1 Å². The second kappa shape index (κ2) is 14.0. The lowest BCUT2D eigenvalue weighted by atomic mass is 9.85. The number of hydrogen-bond acceptors (Lipinski definition) is 2. The molecule has 0 radical (unpaired) electrons. The molecule has 0 bridgehead atoms. The van der Waals surface area contributed by atoms with Crippen molar-refractivity contribution in [1.29, 1.82) is 0 Å². The van der Waals surface area contributed by atoms with E-state index in [2.05, 4.69) is 219 Å². The van der Waals surface area contributed by atoms with Crippen LogP contribution in [0.25, 0.3) is 100.0 Å². The van der Waals surface area contributed by atoms with E-state index in [-0.39, 0.29) is 0 Å². The molecule has 0 atom stereocenters. The summed E-state index contributed by atoms with van der Waals surface area (Å²) in [4.78, 5) is 11.0. The molecule has 2 nitrogen and oxygen atoms in total. The van der Waals surface area contributed by atoms with E-state index in [9.17, 15) is 0 Å². The van der Waals surface area contributed by atoms with E-state index in [0.29, 0.717) is 0 Å². The normalized spacial score (nSPS) is 12.7. The highest BCUT2D eigenvalue weighted by atomic mass is 28.3. The van der Waals surface area contributed by atoms with Crippen LogP contribution < -0.4 is 10.4 Å². The van der Waals surface area contributed by atoms with Crippen LogP contribution in [0.15, 0.2) is 206 Å². The van der Waals surface area contributed by atoms with E-state index in [1.165, 1.54) is 70.9 Å². The van der Waals surface area contributed by atoms with Crippen LogP contribution >= 0.6 is 0 Å². The van der Waals surface area contributed by atoms with Crippen LogP contribution in [0, 0.1) is 0 Å². The van der Waals surface area contributed by atoms with Gasteiger partial charge in [0.05, 0.1) is 11.4 Å². The van der Waals surface area contributed by atoms with Crippen LogP contribution in [0.1, 0.15) is 0 Å². The van der Waals surface area contributed by atoms with Crippen molar-refractivity contribution in [3.05, 3.63) is 206 Å². The summed E-state index contributed by atoms with van der Waals surface area (Å²) in [7, 11) is -2.12. The van der Waals surface area contributed by atoms with E-state index >= 15 is 0 Å². The van der Waals surface area contributed by atoms with Gasteiger partial charge in [-0.05, 0) is 100 Å². The van der Waals surface area contributed by atoms with Gasteiger partial charge in [0.1, 0.15) is 8.07 Å². The summed E-state index contributed by atoms with van der Waals surface area (Å²) in [6, 6.07) is 74.7. The fourth-order valence-corrected chi connectivity index (χ4v) is 12.7. The average Bonchev–Trinajstić information content (AvgIpc) is 3.54. The van der Waals surface area contributed by atoms with E-state index in [1.807, 2.05) is 0 Å². The lowest BCUT2D eigenvalue weighted by Crippen LogP contribution is -2.50. The maximum atomic E-state index is 5.52. The summed E-state index contributed by atoms with van der Waals surface area (Å²) in [5.74, 6) is 0.747. The lowest BCUT2D eigenvalue weighted by Gasteiger charge is -2.22. The molecule has 0 aliphatic carbocycles. The summed E-state index contributed by atoms with van der Waals surface area (Å²) < 4.78 is 0. The van der Waals surface area contributed by atoms with Gasteiger partial charge in [0.2, 0.25) is 0 Å². The molecule has 0 unspecified atom stereocenters. The van der Waals surface area contributed by atoms with Crippen LogP contribution in [-0.4, -0.2) is 18.0 Å². The first-order chi connectivity index (χ1) is 29.0. The minimum atomic E-state index is -2.12. The first-order valence-corrected chi connectivity index (χ1v) is 23.4. The Kier molecular flexibility index (Phi) is 8.31. The molecule has 1 aliphatic rings. The first kappa shape index (κ1) is 35.0. The van der Waals surface area contributed by atoms with Crippen molar-refractivity contribution in [3.8, 4) is 78.4 Å². The smallest absolute Gasteiger partial charge is 0.160 e. The first-order valence-electron chi connectivity index (χ1n) is 20.4. The van der Waals surface area contributed by atoms with Crippen LogP contribution in [-0.2, 0) is 0 Å². The van der Waals surface area contributed by atoms with Crippen molar-refractivity contribution in [1.82, 2.24) is 9.97 Å².